The fraction of sp³-hybridized carbons (Fsp3) is 1.00. The van der Waals surface area contributed by atoms with Crippen molar-refractivity contribution >= 4 is 10.2 Å². The van der Waals surface area contributed by atoms with Crippen molar-refractivity contribution in [3.63, 3.8) is 0 Å². The summed E-state index contributed by atoms with van der Waals surface area (Å²) in [5.41, 5.74) is 5.63. The molecule has 1 aliphatic carbocycles. The molecule has 1 saturated carbocycles. The summed E-state index contributed by atoms with van der Waals surface area (Å²) in [6.45, 7) is 6.13. The van der Waals surface area contributed by atoms with Crippen LogP contribution in [-0.4, -0.2) is 49.2 Å². The number of nitrogens with zero attached hydrogens (tertiary/aromatic N) is 2. The summed E-state index contributed by atoms with van der Waals surface area (Å²) in [7, 11) is -1.65. The van der Waals surface area contributed by atoms with Gasteiger partial charge in [0.05, 0.1) is 0 Å². The summed E-state index contributed by atoms with van der Waals surface area (Å²) in [6.07, 6.45) is 5.80. The van der Waals surface area contributed by atoms with Gasteiger partial charge in [0.2, 0.25) is 0 Å². The molecule has 0 aromatic rings. The second kappa shape index (κ2) is 6.52. The topological polar surface area (TPSA) is 66.6 Å². The van der Waals surface area contributed by atoms with E-state index in [0.717, 1.165) is 38.5 Å². The Labute approximate surface area is 130 Å². The van der Waals surface area contributed by atoms with E-state index >= 15 is 0 Å². The molecule has 5 nitrogen and oxygen atoms in total. The number of hydrogen-bond acceptors (Lipinski definition) is 3. The van der Waals surface area contributed by atoms with Crippen LogP contribution in [0.3, 0.4) is 0 Å². The molecule has 1 heterocycles. The molecule has 2 aliphatic rings. The second-order valence-electron chi connectivity index (χ2n) is 7.17. The van der Waals surface area contributed by atoms with Crippen LogP contribution in [0.4, 0.5) is 0 Å². The van der Waals surface area contributed by atoms with Gasteiger partial charge in [-0.15, -0.1) is 0 Å². The molecule has 21 heavy (non-hydrogen) atoms. The Balaban J connectivity index is 2.14. The normalized spacial score (nSPS) is 33.5. The molecule has 2 fully saturated rings. The van der Waals surface area contributed by atoms with E-state index in [9.17, 15) is 8.42 Å². The molecule has 0 radical (unpaired) electrons. The van der Waals surface area contributed by atoms with Gasteiger partial charge in [0.25, 0.3) is 10.2 Å². The molecular formula is C15H31N3O2S. The van der Waals surface area contributed by atoms with E-state index in [1.165, 1.54) is 0 Å². The average molecular weight is 317 g/mol. The number of piperidine rings is 1. The first-order valence-corrected chi connectivity index (χ1v) is 9.66. The molecule has 124 valence electrons. The van der Waals surface area contributed by atoms with Gasteiger partial charge in [-0.25, -0.2) is 0 Å². The van der Waals surface area contributed by atoms with E-state index in [2.05, 4.69) is 13.8 Å². The first-order chi connectivity index (χ1) is 9.82. The lowest BCUT2D eigenvalue weighted by Crippen LogP contribution is -2.59. The quantitative estimate of drug-likeness (QED) is 0.860. The molecule has 6 heteroatoms. The second-order valence-corrected chi connectivity index (χ2v) is 9.13. The lowest BCUT2D eigenvalue weighted by Gasteiger charge is -2.46. The van der Waals surface area contributed by atoms with E-state index in [1.807, 2.05) is 0 Å². The molecule has 0 amide bonds. The van der Waals surface area contributed by atoms with Crippen molar-refractivity contribution < 1.29 is 8.42 Å². The highest BCUT2D eigenvalue weighted by molar-refractivity contribution is 7.86. The zero-order chi connectivity index (χ0) is 15.7. The molecule has 2 N–H and O–H groups in total. The van der Waals surface area contributed by atoms with E-state index in [-0.39, 0.29) is 5.54 Å². The monoisotopic (exact) mass is 317 g/mol. The Kier molecular flexibility index (Phi) is 5.34. The molecule has 0 bridgehead atoms. The van der Waals surface area contributed by atoms with Gasteiger partial charge >= 0.3 is 0 Å². The number of nitrogens with two attached hydrogens (primary N) is 1. The van der Waals surface area contributed by atoms with Gasteiger partial charge in [0.1, 0.15) is 0 Å². The van der Waals surface area contributed by atoms with Crippen LogP contribution in [0.5, 0.6) is 0 Å². The van der Waals surface area contributed by atoms with Crippen LogP contribution in [0.15, 0.2) is 0 Å². The highest BCUT2D eigenvalue weighted by atomic mass is 32.2. The standard InChI is InChI=1S/C15H31N3O2S/c1-13-4-8-15(12-16,9-5-13)17(3)21(19,20)18-10-6-14(2)7-11-18/h13-14H,4-12,16H2,1-3H3. The first-order valence-electron chi connectivity index (χ1n) is 8.26. The number of rotatable bonds is 4. The summed E-state index contributed by atoms with van der Waals surface area (Å²) in [5.74, 6) is 1.30. The number of likely N-dealkylation sites (N-methyl/N-ethyl adjacent to an activating group) is 1. The number of hydrogen-bond donors (Lipinski definition) is 1. The van der Waals surface area contributed by atoms with Gasteiger partial charge in [0, 0.05) is 32.2 Å². The zero-order valence-corrected chi connectivity index (χ0v) is 14.5. The third-order valence-corrected chi connectivity index (χ3v) is 7.77. The van der Waals surface area contributed by atoms with Crippen LogP contribution in [0.2, 0.25) is 0 Å². The van der Waals surface area contributed by atoms with Gasteiger partial charge in [-0.2, -0.15) is 17.0 Å². The third kappa shape index (κ3) is 3.44. The smallest absolute Gasteiger partial charge is 0.282 e. The first kappa shape index (κ1) is 17.2. The SMILES string of the molecule is CC1CCN(S(=O)(=O)N(C)C2(CN)CCC(C)CC2)CC1. The molecule has 1 aliphatic heterocycles. The lowest BCUT2D eigenvalue weighted by molar-refractivity contribution is 0.125. The Morgan fingerprint density at radius 1 is 1.10 bits per heavy atom. The van der Waals surface area contributed by atoms with Gasteiger partial charge < -0.3 is 5.73 Å². The predicted octanol–water partition coefficient (Wildman–Crippen LogP) is 1.80. The summed E-state index contributed by atoms with van der Waals surface area (Å²) in [4.78, 5) is 0. The van der Waals surface area contributed by atoms with Crippen molar-refractivity contribution in [2.24, 2.45) is 17.6 Å². The van der Waals surface area contributed by atoms with Crippen molar-refractivity contribution in [3.8, 4) is 0 Å². The van der Waals surface area contributed by atoms with Crippen LogP contribution in [0.25, 0.3) is 0 Å². The Hall–Kier alpha value is -0.170. The average Bonchev–Trinajstić information content (AvgIpc) is 2.48. The summed E-state index contributed by atoms with van der Waals surface area (Å²) in [6, 6.07) is 0. The van der Waals surface area contributed by atoms with Crippen LogP contribution in [-0.2, 0) is 10.2 Å². The summed E-state index contributed by atoms with van der Waals surface area (Å²) in [5, 5.41) is 0. The maximum atomic E-state index is 12.9. The molecule has 0 aromatic carbocycles. The third-order valence-electron chi connectivity index (χ3n) is 5.67. The van der Waals surface area contributed by atoms with E-state index in [1.54, 1.807) is 15.7 Å². The fourth-order valence-electron chi connectivity index (χ4n) is 3.58. The summed E-state index contributed by atoms with van der Waals surface area (Å²) >= 11 is 0. The highest BCUT2D eigenvalue weighted by Crippen LogP contribution is 2.37. The molecule has 0 atom stereocenters. The van der Waals surface area contributed by atoms with Crippen molar-refractivity contribution in [1.29, 1.82) is 0 Å². The van der Waals surface area contributed by atoms with E-state index in [4.69, 9.17) is 5.73 Å². The van der Waals surface area contributed by atoms with Crippen LogP contribution < -0.4 is 5.73 Å². The van der Waals surface area contributed by atoms with Gasteiger partial charge in [0.15, 0.2) is 0 Å². The lowest BCUT2D eigenvalue weighted by atomic mass is 9.77. The Bertz CT molecular complexity index is 436. The van der Waals surface area contributed by atoms with Crippen molar-refractivity contribution in [2.75, 3.05) is 26.7 Å². The maximum Gasteiger partial charge on any atom is 0.282 e. The maximum absolute atomic E-state index is 12.9. The minimum Gasteiger partial charge on any atom is -0.329 e. The molecule has 0 aromatic heterocycles. The van der Waals surface area contributed by atoms with E-state index in [0.29, 0.717) is 31.5 Å². The molecule has 0 spiro atoms. The minimum atomic E-state index is -3.39. The zero-order valence-electron chi connectivity index (χ0n) is 13.7. The summed E-state index contributed by atoms with van der Waals surface area (Å²) < 4.78 is 29.1. The molecule has 0 unspecified atom stereocenters. The largest absolute Gasteiger partial charge is 0.329 e. The van der Waals surface area contributed by atoms with Crippen molar-refractivity contribution in [1.82, 2.24) is 8.61 Å². The Morgan fingerprint density at radius 2 is 1.57 bits per heavy atom. The minimum absolute atomic E-state index is 0.381. The van der Waals surface area contributed by atoms with E-state index < -0.39 is 10.2 Å². The Morgan fingerprint density at radius 3 is 2.05 bits per heavy atom. The van der Waals surface area contributed by atoms with Gasteiger partial charge in [-0.1, -0.05) is 13.8 Å². The van der Waals surface area contributed by atoms with Crippen molar-refractivity contribution in [3.05, 3.63) is 0 Å². The molecular weight excluding hydrogens is 286 g/mol. The fourth-order valence-corrected chi connectivity index (χ4v) is 5.35. The highest BCUT2D eigenvalue weighted by Gasteiger charge is 2.44. The van der Waals surface area contributed by atoms with Crippen LogP contribution in [0, 0.1) is 11.8 Å². The van der Waals surface area contributed by atoms with Gasteiger partial charge in [-0.3, -0.25) is 0 Å². The molecule has 1 saturated heterocycles. The predicted molar refractivity (Wildman–Crippen MR) is 86.1 cm³/mol. The molecule has 2 rings (SSSR count). The van der Waals surface area contributed by atoms with Crippen molar-refractivity contribution in [2.45, 2.75) is 57.9 Å². The van der Waals surface area contributed by atoms with Crippen LogP contribution >= 0.6 is 0 Å². The van der Waals surface area contributed by atoms with Gasteiger partial charge in [-0.05, 0) is 50.4 Å². The van der Waals surface area contributed by atoms with Crippen LogP contribution in [0.1, 0.15) is 52.4 Å².